The number of ether oxygens (including phenoxy) is 1. The van der Waals surface area contributed by atoms with E-state index in [1.165, 1.54) is 0 Å². The van der Waals surface area contributed by atoms with Gasteiger partial charge in [0.15, 0.2) is 0 Å². The van der Waals surface area contributed by atoms with Crippen LogP contribution in [0, 0.1) is 17.0 Å². The predicted octanol–water partition coefficient (Wildman–Crippen LogP) is 4.29. The van der Waals surface area contributed by atoms with Crippen LogP contribution in [0.25, 0.3) is 0 Å². The van der Waals surface area contributed by atoms with Gasteiger partial charge in [-0.05, 0) is 40.5 Å². The lowest BCUT2D eigenvalue weighted by Gasteiger charge is -2.10. The number of methoxy groups -OCH3 is 1. The number of rotatable bonds is 5. The lowest BCUT2D eigenvalue weighted by molar-refractivity contribution is -0.385. The molecule has 0 amide bonds. The zero-order valence-corrected chi connectivity index (χ0v) is 13.3. The van der Waals surface area contributed by atoms with Gasteiger partial charge in [-0.15, -0.1) is 0 Å². The molecule has 0 spiro atoms. The Bertz CT molecular complexity index is 674. The highest BCUT2D eigenvalue weighted by Gasteiger charge is 2.11. The number of aryl methyl sites for hydroxylation is 1. The Kier molecular flexibility index (Phi) is 4.80. The van der Waals surface area contributed by atoms with Gasteiger partial charge < -0.3 is 10.1 Å². The molecule has 21 heavy (non-hydrogen) atoms. The summed E-state index contributed by atoms with van der Waals surface area (Å²) in [5.74, 6) is 0.746. The van der Waals surface area contributed by atoms with Gasteiger partial charge in [-0.2, -0.15) is 0 Å². The first-order valence-electron chi connectivity index (χ1n) is 6.32. The van der Waals surface area contributed by atoms with Crippen molar-refractivity contribution in [3.8, 4) is 5.75 Å². The number of halogens is 1. The highest BCUT2D eigenvalue weighted by atomic mass is 79.9. The van der Waals surface area contributed by atoms with Crippen LogP contribution in [0.3, 0.4) is 0 Å². The second kappa shape index (κ2) is 6.58. The molecule has 0 aromatic heterocycles. The van der Waals surface area contributed by atoms with E-state index in [1.807, 2.05) is 24.3 Å². The molecule has 0 heterocycles. The van der Waals surface area contributed by atoms with Crippen LogP contribution in [0.15, 0.2) is 40.9 Å². The summed E-state index contributed by atoms with van der Waals surface area (Å²) in [4.78, 5) is 10.6. The molecule has 0 saturated carbocycles. The molecule has 0 fully saturated rings. The van der Waals surface area contributed by atoms with Gasteiger partial charge in [0.2, 0.25) is 0 Å². The summed E-state index contributed by atoms with van der Waals surface area (Å²) >= 11 is 3.46. The monoisotopic (exact) mass is 350 g/mol. The molecular weight excluding hydrogens is 336 g/mol. The fraction of sp³-hybridized carbons (Fsp3) is 0.200. The molecule has 0 aliphatic rings. The highest BCUT2D eigenvalue weighted by Crippen LogP contribution is 2.28. The minimum absolute atomic E-state index is 0.138. The lowest BCUT2D eigenvalue weighted by Crippen LogP contribution is -2.02. The van der Waals surface area contributed by atoms with Crippen LogP contribution < -0.4 is 10.1 Å². The van der Waals surface area contributed by atoms with E-state index in [4.69, 9.17) is 4.74 Å². The van der Waals surface area contributed by atoms with Crippen LogP contribution in [0.2, 0.25) is 0 Å². The van der Waals surface area contributed by atoms with Crippen molar-refractivity contribution in [2.24, 2.45) is 0 Å². The fourth-order valence-electron chi connectivity index (χ4n) is 1.93. The third-order valence-corrected chi connectivity index (χ3v) is 3.82. The predicted molar refractivity (Wildman–Crippen MR) is 85.9 cm³/mol. The average molecular weight is 351 g/mol. The Morgan fingerprint density at radius 3 is 2.71 bits per heavy atom. The van der Waals surface area contributed by atoms with Gasteiger partial charge in [0.1, 0.15) is 5.75 Å². The van der Waals surface area contributed by atoms with Crippen LogP contribution in [0.4, 0.5) is 11.4 Å². The SMILES string of the molecule is COc1ccc(Br)c(NCc2ccc(C)c([N+](=O)[O-])c2)c1. The van der Waals surface area contributed by atoms with Crippen LogP contribution in [0.5, 0.6) is 5.75 Å². The summed E-state index contributed by atoms with van der Waals surface area (Å²) in [6.45, 7) is 2.22. The van der Waals surface area contributed by atoms with Crippen molar-refractivity contribution in [3.05, 3.63) is 62.1 Å². The van der Waals surface area contributed by atoms with E-state index in [2.05, 4.69) is 21.2 Å². The Balaban J connectivity index is 2.16. The summed E-state index contributed by atoms with van der Waals surface area (Å²) in [5, 5.41) is 14.2. The third-order valence-electron chi connectivity index (χ3n) is 3.13. The number of nitro groups is 1. The second-order valence-corrected chi connectivity index (χ2v) is 5.43. The smallest absolute Gasteiger partial charge is 0.272 e. The first-order chi connectivity index (χ1) is 10.0. The van der Waals surface area contributed by atoms with E-state index in [-0.39, 0.29) is 10.6 Å². The quantitative estimate of drug-likeness (QED) is 0.645. The molecule has 2 aromatic carbocycles. The van der Waals surface area contributed by atoms with E-state index in [9.17, 15) is 10.1 Å². The summed E-state index contributed by atoms with van der Waals surface area (Å²) in [5.41, 5.74) is 2.52. The first kappa shape index (κ1) is 15.3. The minimum Gasteiger partial charge on any atom is -0.497 e. The van der Waals surface area contributed by atoms with E-state index in [0.29, 0.717) is 12.1 Å². The van der Waals surface area contributed by atoms with E-state index >= 15 is 0 Å². The number of benzene rings is 2. The van der Waals surface area contributed by atoms with Crippen LogP contribution in [-0.2, 0) is 6.54 Å². The Morgan fingerprint density at radius 1 is 1.29 bits per heavy atom. The molecule has 0 unspecified atom stereocenters. The molecule has 1 N–H and O–H groups in total. The highest BCUT2D eigenvalue weighted by molar-refractivity contribution is 9.10. The van der Waals surface area contributed by atoms with E-state index < -0.39 is 0 Å². The topological polar surface area (TPSA) is 64.4 Å². The van der Waals surface area contributed by atoms with Crippen LogP contribution >= 0.6 is 15.9 Å². The average Bonchev–Trinajstić information content (AvgIpc) is 2.47. The molecule has 2 aromatic rings. The number of hydrogen-bond donors (Lipinski definition) is 1. The number of hydrogen-bond acceptors (Lipinski definition) is 4. The fourth-order valence-corrected chi connectivity index (χ4v) is 2.31. The molecule has 0 bridgehead atoms. The van der Waals surface area contributed by atoms with Crippen molar-refractivity contribution >= 4 is 27.3 Å². The Labute approximate surface area is 131 Å². The van der Waals surface area contributed by atoms with Crippen molar-refractivity contribution in [1.82, 2.24) is 0 Å². The molecule has 5 nitrogen and oxygen atoms in total. The molecule has 110 valence electrons. The van der Waals surface area contributed by atoms with Crippen molar-refractivity contribution < 1.29 is 9.66 Å². The van der Waals surface area contributed by atoms with Gasteiger partial charge in [0.05, 0.1) is 17.7 Å². The van der Waals surface area contributed by atoms with Gasteiger partial charge >= 0.3 is 0 Å². The van der Waals surface area contributed by atoms with Crippen molar-refractivity contribution in [1.29, 1.82) is 0 Å². The molecule has 0 aliphatic heterocycles. The lowest BCUT2D eigenvalue weighted by atomic mass is 10.1. The van der Waals surface area contributed by atoms with E-state index in [0.717, 1.165) is 21.5 Å². The minimum atomic E-state index is -0.361. The summed E-state index contributed by atoms with van der Waals surface area (Å²) < 4.78 is 6.09. The number of anilines is 1. The number of nitrogens with zero attached hydrogens (tertiary/aromatic N) is 1. The first-order valence-corrected chi connectivity index (χ1v) is 7.12. The zero-order valence-electron chi connectivity index (χ0n) is 11.7. The van der Waals surface area contributed by atoms with Crippen LogP contribution in [-0.4, -0.2) is 12.0 Å². The third kappa shape index (κ3) is 3.72. The number of nitrogens with one attached hydrogen (secondary N) is 1. The maximum Gasteiger partial charge on any atom is 0.272 e. The maximum atomic E-state index is 10.9. The van der Waals surface area contributed by atoms with E-state index in [1.54, 1.807) is 26.2 Å². The summed E-state index contributed by atoms with van der Waals surface area (Å²) in [7, 11) is 1.61. The van der Waals surface area contributed by atoms with Gasteiger partial charge in [-0.25, -0.2) is 0 Å². The summed E-state index contributed by atoms with van der Waals surface area (Å²) in [6.07, 6.45) is 0. The van der Waals surface area contributed by atoms with Crippen molar-refractivity contribution in [3.63, 3.8) is 0 Å². The molecule has 0 aliphatic carbocycles. The second-order valence-electron chi connectivity index (χ2n) is 4.58. The van der Waals surface area contributed by atoms with Crippen LogP contribution in [0.1, 0.15) is 11.1 Å². The molecule has 0 atom stereocenters. The molecule has 2 rings (SSSR count). The van der Waals surface area contributed by atoms with Gasteiger partial charge in [-0.1, -0.05) is 12.1 Å². The van der Waals surface area contributed by atoms with Crippen molar-refractivity contribution in [2.45, 2.75) is 13.5 Å². The van der Waals surface area contributed by atoms with Gasteiger partial charge in [-0.3, -0.25) is 10.1 Å². The zero-order chi connectivity index (χ0) is 15.4. The Hall–Kier alpha value is -2.08. The Morgan fingerprint density at radius 2 is 2.05 bits per heavy atom. The summed E-state index contributed by atoms with van der Waals surface area (Å²) in [6, 6.07) is 10.8. The molecule has 6 heteroatoms. The van der Waals surface area contributed by atoms with Crippen molar-refractivity contribution in [2.75, 3.05) is 12.4 Å². The van der Waals surface area contributed by atoms with Gasteiger partial charge in [0.25, 0.3) is 5.69 Å². The molecular formula is C15H15BrN2O3. The number of nitro benzene ring substituents is 1. The maximum absolute atomic E-state index is 10.9. The molecule has 0 radical (unpaired) electrons. The standard InChI is InChI=1S/C15H15BrN2O3/c1-10-3-4-11(7-15(10)18(19)20)9-17-14-8-12(21-2)5-6-13(14)16/h3-8,17H,9H2,1-2H3. The van der Waals surface area contributed by atoms with Gasteiger partial charge in [0, 0.05) is 28.7 Å². The molecule has 0 saturated heterocycles. The normalized spacial score (nSPS) is 10.2. The largest absolute Gasteiger partial charge is 0.497 e.